The molecule has 6 aromatic carbocycles. The number of primary amides is 1. The van der Waals surface area contributed by atoms with E-state index in [2.05, 4.69) is 15.5 Å². The number of piperazine rings is 1. The van der Waals surface area contributed by atoms with Gasteiger partial charge in [0.1, 0.15) is 28.8 Å². The number of nitrogens with two attached hydrogens (primary N) is 1. The first-order valence-electron chi connectivity index (χ1n) is 24.4. The van der Waals surface area contributed by atoms with E-state index < -0.39 is 17.8 Å². The van der Waals surface area contributed by atoms with E-state index >= 15 is 0 Å². The van der Waals surface area contributed by atoms with Crippen LogP contribution in [0.2, 0.25) is 0 Å². The van der Waals surface area contributed by atoms with Crippen LogP contribution < -0.4 is 26.0 Å². The molecule has 1 fully saturated rings. The number of nitrogens with one attached hydrogen (secondary N) is 3. The molecule has 1 saturated heterocycles. The van der Waals surface area contributed by atoms with E-state index in [0.29, 0.717) is 85.8 Å². The number of aromatic hydroxyl groups is 2. The van der Waals surface area contributed by atoms with Crippen molar-refractivity contribution in [3.8, 4) is 23.0 Å². The second kappa shape index (κ2) is 25.3. The minimum Gasteiger partial charge on any atom is -0.508 e. The van der Waals surface area contributed by atoms with Gasteiger partial charge in [0.15, 0.2) is 0 Å². The maximum atomic E-state index is 13.1. The quantitative estimate of drug-likeness (QED) is 0.0229. The first-order chi connectivity index (χ1) is 35.9. The van der Waals surface area contributed by atoms with Crippen LogP contribution in [-0.2, 0) is 44.7 Å². The summed E-state index contributed by atoms with van der Waals surface area (Å²) in [7, 11) is 0. The zero-order chi connectivity index (χ0) is 53.6. The number of urea groups is 1. The number of anilines is 1. The number of hydrogen-bond acceptors (Lipinski definition) is 11. The van der Waals surface area contributed by atoms with E-state index in [0.717, 1.165) is 39.8 Å². The third-order valence-corrected chi connectivity index (χ3v) is 12.5. The fourth-order valence-electron chi connectivity index (χ4n) is 8.50. The van der Waals surface area contributed by atoms with Crippen LogP contribution in [0.4, 0.5) is 23.7 Å². The van der Waals surface area contributed by atoms with Gasteiger partial charge in [0.2, 0.25) is 11.8 Å². The lowest BCUT2D eigenvalue weighted by Gasteiger charge is -2.35. The monoisotopic (exact) mass is 1030 g/mol. The van der Waals surface area contributed by atoms with E-state index in [9.17, 15) is 42.6 Å². The Bertz CT molecular complexity index is 2980. The number of phenols is 2. The van der Waals surface area contributed by atoms with Crippen LogP contribution in [0.15, 0.2) is 121 Å². The highest BCUT2D eigenvalue weighted by molar-refractivity contribution is 6.22. The molecule has 0 aliphatic carbocycles. The van der Waals surface area contributed by atoms with Crippen molar-refractivity contribution >= 4 is 46.0 Å². The molecule has 7 N–H and O–H groups in total. The molecule has 5 amide bonds. The van der Waals surface area contributed by atoms with Gasteiger partial charge >= 0.3 is 12.2 Å². The Kier molecular flexibility index (Phi) is 18.5. The van der Waals surface area contributed by atoms with Crippen LogP contribution in [0.25, 0.3) is 10.8 Å². The van der Waals surface area contributed by atoms with Crippen LogP contribution in [0.1, 0.15) is 69.9 Å². The third kappa shape index (κ3) is 15.1. The Morgan fingerprint density at radius 1 is 0.760 bits per heavy atom. The average molecular weight is 1030 g/mol. The van der Waals surface area contributed by atoms with Gasteiger partial charge in [-0.15, -0.1) is 0 Å². The number of fused-ring (bicyclic) bond motifs is 1. The number of amidine groups is 1. The lowest BCUT2D eigenvalue weighted by molar-refractivity contribution is -0.137. The van der Waals surface area contributed by atoms with E-state index in [4.69, 9.17) is 25.4 Å². The molecule has 16 nitrogen and oxygen atoms in total. The largest absolute Gasteiger partial charge is 0.508 e. The third-order valence-electron chi connectivity index (χ3n) is 12.5. The fourth-order valence-corrected chi connectivity index (χ4v) is 8.50. The summed E-state index contributed by atoms with van der Waals surface area (Å²) in [4.78, 5) is 56.3. The Morgan fingerprint density at radius 2 is 1.45 bits per heavy atom. The highest BCUT2D eigenvalue weighted by atomic mass is 19.4. The number of halogens is 3. The van der Waals surface area contributed by atoms with Crippen molar-refractivity contribution in [2.24, 2.45) is 5.73 Å². The first-order valence-corrected chi connectivity index (χ1v) is 24.4. The van der Waals surface area contributed by atoms with Crippen LogP contribution in [-0.4, -0.2) is 109 Å². The van der Waals surface area contributed by atoms with Gasteiger partial charge in [0.05, 0.1) is 56.1 Å². The number of carbonyl (C=O) groups is 4. The molecule has 0 saturated carbocycles. The Hall–Kier alpha value is -8.00. The van der Waals surface area contributed by atoms with Gasteiger partial charge in [0.25, 0.3) is 5.91 Å². The van der Waals surface area contributed by atoms with Crippen molar-refractivity contribution in [3.63, 3.8) is 0 Å². The number of ether oxygens (including phenoxy) is 3. The second-order valence-corrected chi connectivity index (χ2v) is 18.2. The van der Waals surface area contributed by atoms with E-state index in [1.54, 1.807) is 42.5 Å². The van der Waals surface area contributed by atoms with Crippen molar-refractivity contribution in [2.75, 3.05) is 64.1 Å². The normalized spacial score (nSPS) is 12.9. The Labute approximate surface area is 432 Å². The number of nitrogens with zero attached hydrogens (tertiary/aromatic N) is 3. The molecule has 6 aromatic rings. The van der Waals surface area contributed by atoms with Gasteiger partial charge in [-0.3, -0.25) is 24.7 Å². The average Bonchev–Trinajstić information content (AvgIpc) is 3.38. The van der Waals surface area contributed by atoms with Crippen molar-refractivity contribution in [1.29, 1.82) is 5.41 Å². The van der Waals surface area contributed by atoms with Gasteiger partial charge in [-0.1, -0.05) is 62.4 Å². The lowest BCUT2D eigenvalue weighted by atomic mass is 9.98. The predicted molar refractivity (Wildman–Crippen MR) is 277 cm³/mol. The molecule has 0 unspecified atom stereocenters. The summed E-state index contributed by atoms with van der Waals surface area (Å²) in [5.41, 5.74) is 8.78. The Balaban J connectivity index is 0.738. The number of alkyl halides is 3. The van der Waals surface area contributed by atoms with E-state index in [-0.39, 0.29) is 84.9 Å². The van der Waals surface area contributed by atoms with Gasteiger partial charge in [-0.25, -0.2) is 9.69 Å². The second-order valence-electron chi connectivity index (χ2n) is 18.2. The molecule has 394 valence electrons. The molecule has 0 atom stereocenters. The van der Waals surface area contributed by atoms with Crippen molar-refractivity contribution in [2.45, 2.75) is 51.9 Å². The number of amides is 5. The SMILES string of the molecule is CC(C)c1cc(C(=N)N(C(N)=O)c2ccc(CN3CCN(C(=O)CCOCCOCCNC(=O)Cc4cccc(CNC(=O)c5ccc6c(Oc7ccc(C(F)(F)F)cc7)cccc6c5)c4)CC3)cc2)c(O)cc1O. The van der Waals surface area contributed by atoms with Gasteiger partial charge in [0, 0.05) is 62.8 Å². The van der Waals surface area contributed by atoms with E-state index in [1.165, 1.54) is 18.2 Å². The molecular weight excluding hydrogens is 972 g/mol. The molecule has 0 radical (unpaired) electrons. The fraction of sp³-hybridized carbons (Fsp3) is 0.304. The maximum Gasteiger partial charge on any atom is 0.416 e. The summed E-state index contributed by atoms with van der Waals surface area (Å²) in [6.45, 7) is 8.42. The van der Waals surface area contributed by atoms with Crippen molar-refractivity contribution < 1.29 is 56.8 Å². The molecule has 0 aromatic heterocycles. The van der Waals surface area contributed by atoms with Crippen LogP contribution in [0.5, 0.6) is 23.0 Å². The predicted octanol–water partition coefficient (Wildman–Crippen LogP) is 8.45. The van der Waals surface area contributed by atoms with E-state index in [1.807, 2.05) is 61.2 Å². The minimum absolute atomic E-state index is 0.000957. The topological polar surface area (TPSA) is 220 Å². The summed E-state index contributed by atoms with van der Waals surface area (Å²) < 4.78 is 56.1. The molecule has 1 heterocycles. The summed E-state index contributed by atoms with van der Waals surface area (Å²) in [6.07, 6.45) is -4.08. The summed E-state index contributed by atoms with van der Waals surface area (Å²) in [5.74, 6) is -0.695. The highest BCUT2D eigenvalue weighted by Gasteiger charge is 2.30. The Morgan fingerprint density at radius 3 is 2.15 bits per heavy atom. The smallest absolute Gasteiger partial charge is 0.416 e. The van der Waals surface area contributed by atoms with Crippen molar-refractivity contribution in [3.05, 3.63) is 160 Å². The number of carbonyl (C=O) groups excluding carboxylic acids is 4. The summed E-state index contributed by atoms with van der Waals surface area (Å²) in [6, 6.07) is 30.9. The number of phenolic OH excluding ortho intramolecular Hbond substituents is 2. The highest BCUT2D eigenvalue weighted by Crippen LogP contribution is 2.35. The van der Waals surface area contributed by atoms with Gasteiger partial charge in [-0.2, -0.15) is 13.2 Å². The van der Waals surface area contributed by atoms with Crippen molar-refractivity contribution in [1.82, 2.24) is 20.4 Å². The minimum atomic E-state index is -4.45. The lowest BCUT2D eigenvalue weighted by Crippen LogP contribution is -2.48. The standard InChI is InChI=1S/C56H60F3N7O9/c1-36(2)46-32-47(49(68)33-48(46)67)53(60)66(55(61)72)43-14-9-37(10-15-43)35-64-21-23-65(24-22-64)52(70)19-25-73-27-28-74-26-20-62-51(69)30-38-5-3-6-39(29-38)34-63-54(71)41-11-18-45-40(31-41)7-4-8-50(45)75-44-16-12-42(13-17-44)56(57,58)59/h3-18,29,31-33,36,60,67-68H,19-28,30,34-35H2,1-2H3,(H2,61,72)(H,62,69)(H,63,71). The number of rotatable bonds is 21. The molecule has 75 heavy (non-hydrogen) atoms. The molecular formula is C56H60F3N7O9. The molecule has 1 aliphatic heterocycles. The summed E-state index contributed by atoms with van der Waals surface area (Å²) >= 11 is 0. The van der Waals surface area contributed by atoms with Crippen LogP contribution in [0.3, 0.4) is 0 Å². The van der Waals surface area contributed by atoms with Gasteiger partial charge in [-0.05, 0) is 100 Å². The number of benzene rings is 6. The van der Waals surface area contributed by atoms with Crippen LogP contribution >= 0.6 is 0 Å². The van der Waals surface area contributed by atoms with Gasteiger partial charge < -0.3 is 45.7 Å². The summed E-state index contributed by atoms with van der Waals surface area (Å²) in [5, 5.41) is 36.6. The molecule has 7 rings (SSSR count). The van der Waals surface area contributed by atoms with Crippen LogP contribution in [0, 0.1) is 5.41 Å². The zero-order valence-electron chi connectivity index (χ0n) is 41.6. The maximum absolute atomic E-state index is 13.1. The molecule has 0 spiro atoms. The first kappa shape index (κ1) is 54.8. The molecule has 1 aliphatic rings. The number of hydrogen-bond donors (Lipinski definition) is 6. The molecule has 19 heteroatoms. The zero-order valence-corrected chi connectivity index (χ0v) is 41.6. The molecule has 0 bridgehead atoms.